The van der Waals surface area contributed by atoms with Crippen LogP contribution in [0.5, 0.6) is 0 Å². The maximum absolute atomic E-state index is 12.4. The number of aryl methyl sites for hydroxylation is 3. The highest BCUT2D eigenvalue weighted by Crippen LogP contribution is 2.22. The lowest BCUT2D eigenvalue weighted by molar-refractivity contribution is -0.117. The quantitative estimate of drug-likeness (QED) is 0.856. The van der Waals surface area contributed by atoms with Crippen molar-refractivity contribution in [2.45, 2.75) is 40.5 Å². The smallest absolute Gasteiger partial charge is 0.226 e. The Kier molecular flexibility index (Phi) is 6.34. The number of anilines is 2. The van der Waals surface area contributed by atoms with Crippen LogP contribution in [0.4, 0.5) is 11.4 Å². The van der Waals surface area contributed by atoms with Crippen molar-refractivity contribution in [3.8, 4) is 0 Å². The molecular formula is C21H26N2O2. The molecule has 2 aromatic carbocycles. The number of para-hydroxylation sites is 1. The zero-order chi connectivity index (χ0) is 18.4. The molecule has 0 bridgehead atoms. The molecule has 0 aliphatic carbocycles. The molecule has 4 heteroatoms. The molecule has 2 aromatic rings. The average Bonchev–Trinajstić information content (AvgIpc) is 2.56. The average molecular weight is 338 g/mol. The van der Waals surface area contributed by atoms with E-state index in [0.717, 1.165) is 34.5 Å². The van der Waals surface area contributed by atoms with Gasteiger partial charge in [0, 0.05) is 31.3 Å². The number of nitrogens with one attached hydrogen (secondary N) is 1. The topological polar surface area (TPSA) is 49.4 Å². The molecule has 1 N–H and O–H groups in total. The van der Waals surface area contributed by atoms with E-state index in [1.807, 2.05) is 56.3 Å². The van der Waals surface area contributed by atoms with Gasteiger partial charge in [0.05, 0.1) is 0 Å². The maximum Gasteiger partial charge on any atom is 0.226 e. The van der Waals surface area contributed by atoms with Crippen LogP contribution in [-0.2, 0) is 16.0 Å². The Labute approximate surface area is 149 Å². The van der Waals surface area contributed by atoms with Crippen molar-refractivity contribution in [2.75, 3.05) is 16.8 Å². The van der Waals surface area contributed by atoms with Crippen molar-refractivity contribution in [1.29, 1.82) is 0 Å². The third kappa shape index (κ3) is 4.92. The zero-order valence-corrected chi connectivity index (χ0v) is 15.4. The number of amides is 2. The lowest BCUT2D eigenvalue weighted by Crippen LogP contribution is -2.32. The fraction of sp³-hybridized carbons (Fsp3) is 0.333. The highest BCUT2D eigenvalue weighted by Gasteiger charge is 2.15. The van der Waals surface area contributed by atoms with Gasteiger partial charge < -0.3 is 10.2 Å². The van der Waals surface area contributed by atoms with Gasteiger partial charge in [0.25, 0.3) is 0 Å². The van der Waals surface area contributed by atoms with E-state index in [0.29, 0.717) is 6.54 Å². The molecule has 0 aliphatic heterocycles. The molecule has 0 saturated heterocycles. The Balaban J connectivity index is 2.06. The molecule has 0 spiro atoms. The summed E-state index contributed by atoms with van der Waals surface area (Å²) >= 11 is 0. The summed E-state index contributed by atoms with van der Waals surface area (Å²) in [5, 5.41) is 3.01. The number of hydrogen-bond acceptors (Lipinski definition) is 2. The largest absolute Gasteiger partial charge is 0.326 e. The molecule has 2 rings (SSSR count). The van der Waals surface area contributed by atoms with Crippen LogP contribution in [0, 0.1) is 13.8 Å². The molecule has 0 heterocycles. The molecule has 0 unspecified atom stereocenters. The van der Waals surface area contributed by atoms with E-state index in [9.17, 15) is 9.59 Å². The van der Waals surface area contributed by atoms with E-state index < -0.39 is 0 Å². The highest BCUT2D eigenvalue weighted by atomic mass is 16.2. The Morgan fingerprint density at radius 3 is 2.44 bits per heavy atom. The molecule has 0 saturated carbocycles. The predicted molar refractivity (Wildman–Crippen MR) is 103 cm³/mol. The van der Waals surface area contributed by atoms with Crippen molar-refractivity contribution in [3.63, 3.8) is 0 Å². The van der Waals surface area contributed by atoms with Crippen LogP contribution >= 0.6 is 0 Å². The van der Waals surface area contributed by atoms with Crippen molar-refractivity contribution >= 4 is 23.2 Å². The third-order valence-electron chi connectivity index (χ3n) is 4.26. The van der Waals surface area contributed by atoms with Gasteiger partial charge in [-0.15, -0.1) is 0 Å². The van der Waals surface area contributed by atoms with Gasteiger partial charge in [0.15, 0.2) is 0 Å². The first-order valence-electron chi connectivity index (χ1n) is 8.65. The fourth-order valence-corrected chi connectivity index (χ4v) is 2.88. The van der Waals surface area contributed by atoms with Crippen molar-refractivity contribution in [2.24, 2.45) is 0 Å². The normalized spacial score (nSPS) is 10.4. The maximum atomic E-state index is 12.4. The summed E-state index contributed by atoms with van der Waals surface area (Å²) < 4.78 is 0. The first kappa shape index (κ1) is 18.7. The van der Waals surface area contributed by atoms with Gasteiger partial charge in [-0.25, -0.2) is 0 Å². The van der Waals surface area contributed by atoms with Gasteiger partial charge >= 0.3 is 0 Å². The molecule has 0 radical (unpaired) electrons. The molecule has 0 aliphatic rings. The van der Waals surface area contributed by atoms with Gasteiger partial charge in [-0.05, 0) is 49.1 Å². The summed E-state index contributed by atoms with van der Waals surface area (Å²) in [4.78, 5) is 26.0. The van der Waals surface area contributed by atoms with Gasteiger partial charge in [0.2, 0.25) is 11.8 Å². The van der Waals surface area contributed by atoms with Gasteiger partial charge in [-0.2, -0.15) is 0 Å². The summed E-state index contributed by atoms with van der Waals surface area (Å²) in [7, 11) is 0. The minimum absolute atomic E-state index is 0.0662. The molecule has 0 atom stereocenters. The van der Waals surface area contributed by atoms with Crippen LogP contribution in [0.15, 0.2) is 42.5 Å². The van der Waals surface area contributed by atoms with Crippen LogP contribution in [0.2, 0.25) is 0 Å². The van der Waals surface area contributed by atoms with Crippen LogP contribution in [0.1, 0.15) is 37.0 Å². The summed E-state index contributed by atoms with van der Waals surface area (Å²) in [5.74, 6) is -0.147. The number of rotatable bonds is 6. The molecule has 25 heavy (non-hydrogen) atoms. The lowest BCUT2D eigenvalue weighted by Gasteiger charge is -2.21. The number of benzene rings is 2. The van der Waals surface area contributed by atoms with Crippen molar-refractivity contribution < 1.29 is 9.59 Å². The molecule has 4 nitrogen and oxygen atoms in total. The molecule has 132 valence electrons. The highest BCUT2D eigenvalue weighted by molar-refractivity contribution is 5.95. The predicted octanol–water partition coefficient (Wildman–Crippen LogP) is 4.25. The second-order valence-electron chi connectivity index (χ2n) is 6.27. The minimum Gasteiger partial charge on any atom is -0.326 e. The summed E-state index contributed by atoms with van der Waals surface area (Å²) in [6.45, 7) is 7.93. The number of nitrogens with zero attached hydrogens (tertiary/aromatic N) is 1. The van der Waals surface area contributed by atoms with E-state index in [1.165, 1.54) is 6.92 Å². The summed E-state index contributed by atoms with van der Waals surface area (Å²) in [6.07, 6.45) is 1.12. The number of hydrogen-bond donors (Lipinski definition) is 1. The van der Waals surface area contributed by atoms with Gasteiger partial charge in [-0.1, -0.05) is 37.3 Å². The SMILES string of the molecule is CCc1cccc(C)c1NC(=O)CCN(C(C)=O)c1cccc(C)c1. The van der Waals surface area contributed by atoms with E-state index in [1.54, 1.807) is 4.90 Å². The summed E-state index contributed by atoms with van der Waals surface area (Å²) in [5.41, 5.74) is 4.97. The van der Waals surface area contributed by atoms with Crippen molar-refractivity contribution in [1.82, 2.24) is 0 Å². The monoisotopic (exact) mass is 338 g/mol. The van der Waals surface area contributed by atoms with Crippen LogP contribution in [0.3, 0.4) is 0 Å². The van der Waals surface area contributed by atoms with Crippen LogP contribution < -0.4 is 10.2 Å². The van der Waals surface area contributed by atoms with Crippen LogP contribution in [0.25, 0.3) is 0 Å². The molecule has 2 amide bonds. The zero-order valence-electron chi connectivity index (χ0n) is 15.4. The Hall–Kier alpha value is -2.62. The summed E-state index contributed by atoms with van der Waals surface area (Å²) in [6, 6.07) is 13.8. The first-order chi connectivity index (χ1) is 11.9. The lowest BCUT2D eigenvalue weighted by atomic mass is 10.1. The van der Waals surface area contributed by atoms with Crippen LogP contribution in [-0.4, -0.2) is 18.4 Å². The first-order valence-corrected chi connectivity index (χ1v) is 8.65. The number of carbonyl (C=O) groups is 2. The standard InChI is InChI=1S/C21H26N2O2/c1-5-18-10-7-9-16(3)21(18)22-20(25)12-13-23(17(4)24)19-11-6-8-15(2)14-19/h6-11,14H,5,12-13H2,1-4H3,(H,22,25). The minimum atomic E-state index is -0.0806. The van der Waals surface area contributed by atoms with Gasteiger partial charge in [-0.3, -0.25) is 9.59 Å². The van der Waals surface area contributed by atoms with E-state index >= 15 is 0 Å². The molecular weight excluding hydrogens is 312 g/mol. The van der Waals surface area contributed by atoms with E-state index in [2.05, 4.69) is 12.2 Å². The number of carbonyl (C=O) groups excluding carboxylic acids is 2. The Morgan fingerprint density at radius 1 is 1.08 bits per heavy atom. The molecule has 0 aromatic heterocycles. The van der Waals surface area contributed by atoms with Gasteiger partial charge in [0.1, 0.15) is 0 Å². The fourth-order valence-electron chi connectivity index (χ4n) is 2.88. The second-order valence-corrected chi connectivity index (χ2v) is 6.27. The third-order valence-corrected chi connectivity index (χ3v) is 4.26. The van der Waals surface area contributed by atoms with E-state index in [4.69, 9.17) is 0 Å². The van der Waals surface area contributed by atoms with Crippen molar-refractivity contribution in [3.05, 3.63) is 59.2 Å². The van der Waals surface area contributed by atoms with E-state index in [-0.39, 0.29) is 18.2 Å². The Bertz CT molecular complexity index is 768. The second kappa shape index (κ2) is 8.47. The Morgan fingerprint density at radius 2 is 1.80 bits per heavy atom. The molecule has 0 fully saturated rings.